The molecule has 0 unspecified atom stereocenters. The second kappa shape index (κ2) is 8.50. The lowest BCUT2D eigenvalue weighted by Gasteiger charge is -2.13. The highest BCUT2D eigenvalue weighted by Gasteiger charge is 2.13. The molecule has 0 aliphatic carbocycles. The highest BCUT2D eigenvalue weighted by molar-refractivity contribution is 6.04. The van der Waals surface area contributed by atoms with Crippen molar-refractivity contribution in [3.05, 3.63) is 29.8 Å². The Morgan fingerprint density at radius 3 is 2.42 bits per heavy atom. The maximum Gasteiger partial charge on any atom is 0.253 e. The van der Waals surface area contributed by atoms with E-state index in [2.05, 4.69) is 16.0 Å². The highest BCUT2D eigenvalue weighted by Crippen LogP contribution is 2.14. The second-order valence-electron chi connectivity index (χ2n) is 4.25. The van der Waals surface area contributed by atoms with Crippen molar-refractivity contribution in [2.75, 3.05) is 18.9 Å². The third kappa shape index (κ3) is 5.72. The molecule has 19 heavy (non-hydrogen) atoms. The van der Waals surface area contributed by atoms with Gasteiger partial charge >= 0.3 is 0 Å². The van der Waals surface area contributed by atoms with Crippen molar-refractivity contribution in [2.24, 2.45) is 0 Å². The van der Waals surface area contributed by atoms with Gasteiger partial charge in [0.2, 0.25) is 5.91 Å². The molecule has 0 fully saturated rings. The number of benzene rings is 1. The van der Waals surface area contributed by atoms with E-state index in [9.17, 15) is 9.59 Å². The van der Waals surface area contributed by atoms with E-state index in [1.165, 1.54) is 0 Å². The van der Waals surface area contributed by atoms with Crippen molar-refractivity contribution in [1.29, 1.82) is 0 Å². The molecule has 0 aliphatic heterocycles. The number of likely N-dealkylation sites (N-methyl/N-ethyl adjacent to an activating group) is 1. The number of para-hydroxylation sites is 1. The summed E-state index contributed by atoms with van der Waals surface area (Å²) < 4.78 is 0. The Morgan fingerprint density at radius 2 is 1.84 bits per heavy atom. The minimum Gasteiger partial charge on any atom is -0.350 e. The minimum absolute atomic E-state index is 0. The fourth-order valence-electron chi connectivity index (χ4n) is 1.49. The Bertz CT molecular complexity index is 436. The number of anilines is 1. The molecule has 0 aromatic heterocycles. The third-order valence-electron chi connectivity index (χ3n) is 2.20. The molecule has 0 radical (unpaired) electrons. The van der Waals surface area contributed by atoms with E-state index in [4.69, 9.17) is 0 Å². The monoisotopic (exact) mass is 285 g/mol. The van der Waals surface area contributed by atoms with Crippen LogP contribution in [0.25, 0.3) is 0 Å². The quantitative estimate of drug-likeness (QED) is 0.766. The van der Waals surface area contributed by atoms with Crippen LogP contribution in [-0.2, 0) is 4.79 Å². The molecule has 3 N–H and O–H groups in total. The summed E-state index contributed by atoms with van der Waals surface area (Å²) in [6, 6.07) is 7.00. The average molecular weight is 286 g/mol. The number of amides is 2. The Hall–Kier alpha value is -1.59. The fourth-order valence-corrected chi connectivity index (χ4v) is 1.49. The molecular formula is C13H20ClN3O2. The van der Waals surface area contributed by atoms with Gasteiger partial charge in [0.1, 0.15) is 0 Å². The molecule has 0 heterocycles. The topological polar surface area (TPSA) is 70.2 Å². The lowest BCUT2D eigenvalue weighted by atomic mass is 10.1. The van der Waals surface area contributed by atoms with Crippen LogP contribution in [0.4, 0.5) is 5.69 Å². The number of hydrogen-bond acceptors (Lipinski definition) is 3. The van der Waals surface area contributed by atoms with Gasteiger partial charge in [-0.2, -0.15) is 0 Å². The SMILES string of the molecule is CNCC(=O)Nc1ccccc1C(=O)NC(C)C.Cl. The van der Waals surface area contributed by atoms with Gasteiger partial charge in [0.05, 0.1) is 17.8 Å². The first-order valence-electron chi connectivity index (χ1n) is 5.89. The van der Waals surface area contributed by atoms with Crippen LogP contribution >= 0.6 is 12.4 Å². The van der Waals surface area contributed by atoms with Gasteiger partial charge in [-0.05, 0) is 33.0 Å². The highest BCUT2D eigenvalue weighted by atomic mass is 35.5. The van der Waals surface area contributed by atoms with Gasteiger partial charge in [-0.25, -0.2) is 0 Å². The van der Waals surface area contributed by atoms with E-state index < -0.39 is 0 Å². The van der Waals surface area contributed by atoms with Crippen molar-refractivity contribution in [1.82, 2.24) is 10.6 Å². The molecule has 0 spiro atoms. The maximum absolute atomic E-state index is 11.9. The van der Waals surface area contributed by atoms with Gasteiger partial charge in [0.15, 0.2) is 0 Å². The van der Waals surface area contributed by atoms with Gasteiger partial charge in [-0.15, -0.1) is 12.4 Å². The Labute approximate surface area is 119 Å². The number of carbonyl (C=O) groups excluding carboxylic acids is 2. The van der Waals surface area contributed by atoms with Crippen LogP contribution in [0.5, 0.6) is 0 Å². The minimum atomic E-state index is -0.189. The number of rotatable bonds is 5. The fraction of sp³-hybridized carbons (Fsp3) is 0.385. The van der Waals surface area contributed by atoms with Crippen molar-refractivity contribution < 1.29 is 9.59 Å². The maximum atomic E-state index is 11.9. The van der Waals surface area contributed by atoms with E-state index >= 15 is 0 Å². The summed E-state index contributed by atoms with van der Waals surface area (Å²) >= 11 is 0. The smallest absolute Gasteiger partial charge is 0.253 e. The summed E-state index contributed by atoms with van der Waals surface area (Å²) in [5.74, 6) is -0.368. The van der Waals surface area contributed by atoms with Crippen molar-refractivity contribution in [3.8, 4) is 0 Å². The van der Waals surface area contributed by atoms with E-state index in [1.807, 2.05) is 13.8 Å². The van der Waals surface area contributed by atoms with E-state index in [-0.39, 0.29) is 36.8 Å². The molecular weight excluding hydrogens is 266 g/mol. The Balaban J connectivity index is 0.00000324. The van der Waals surface area contributed by atoms with E-state index in [1.54, 1.807) is 31.3 Å². The van der Waals surface area contributed by atoms with E-state index in [0.717, 1.165) is 0 Å². The second-order valence-corrected chi connectivity index (χ2v) is 4.25. The van der Waals surface area contributed by atoms with Gasteiger partial charge in [0.25, 0.3) is 5.91 Å². The Kier molecular flexibility index (Phi) is 7.79. The predicted octanol–water partition coefficient (Wildman–Crippen LogP) is 1.40. The summed E-state index contributed by atoms with van der Waals surface area (Å²) in [7, 11) is 1.69. The van der Waals surface area contributed by atoms with Crippen LogP contribution < -0.4 is 16.0 Å². The van der Waals surface area contributed by atoms with Crippen molar-refractivity contribution in [3.63, 3.8) is 0 Å². The number of nitrogens with one attached hydrogen (secondary N) is 3. The lowest BCUT2D eigenvalue weighted by Crippen LogP contribution is -2.31. The molecule has 106 valence electrons. The first-order valence-corrected chi connectivity index (χ1v) is 5.89. The van der Waals surface area contributed by atoms with Crippen molar-refractivity contribution >= 4 is 29.9 Å². The van der Waals surface area contributed by atoms with Crippen LogP contribution in [-0.4, -0.2) is 31.4 Å². The Morgan fingerprint density at radius 1 is 1.21 bits per heavy atom. The summed E-state index contributed by atoms with van der Waals surface area (Å²) in [6.45, 7) is 3.99. The first kappa shape index (κ1) is 17.4. The van der Waals surface area contributed by atoms with Crippen LogP contribution in [0.2, 0.25) is 0 Å². The predicted molar refractivity (Wildman–Crippen MR) is 78.8 cm³/mol. The molecule has 1 aromatic carbocycles. The van der Waals surface area contributed by atoms with Gasteiger partial charge in [-0.3, -0.25) is 9.59 Å². The van der Waals surface area contributed by atoms with E-state index in [0.29, 0.717) is 11.3 Å². The zero-order chi connectivity index (χ0) is 13.5. The third-order valence-corrected chi connectivity index (χ3v) is 2.20. The normalized spacial score (nSPS) is 9.68. The van der Waals surface area contributed by atoms with Crippen LogP contribution in [0, 0.1) is 0 Å². The molecule has 0 saturated carbocycles. The molecule has 5 nitrogen and oxygen atoms in total. The summed E-state index contributed by atoms with van der Waals surface area (Å²) in [4.78, 5) is 23.4. The summed E-state index contributed by atoms with van der Waals surface area (Å²) in [6.07, 6.45) is 0. The van der Waals surface area contributed by atoms with Gasteiger partial charge < -0.3 is 16.0 Å². The zero-order valence-electron chi connectivity index (χ0n) is 11.3. The average Bonchev–Trinajstić information content (AvgIpc) is 2.28. The molecule has 1 rings (SSSR count). The molecule has 2 amide bonds. The standard InChI is InChI=1S/C13H19N3O2.ClH/c1-9(2)15-13(18)10-6-4-5-7-11(10)16-12(17)8-14-3;/h4-7,9,14H,8H2,1-3H3,(H,15,18)(H,16,17);1H. The summed E-state index contributed by atoms with van der Waals surface area (Å²) in [5, 5.41) is 8.26. The summed E-state index contributed by atoms with van der Waals surface area (Å²) in [5.41, 5.74) is 0.992. The number of hydrogen-bond donors (Lipinski definition) is 3. The van der Waals surface area contributed by atoms with Crippen molar-refractivity contribution in [2.45, 2.75) is 19.9 Å². The first-order chi connectivity index (χ1) is 8.54. The van der Waals surface area contributed by atoms with Crippen LogP contribution in [0.3, 0.4) is 0 Å². The largest absolute Gasteiger partial charge is 0.350 e. The molecule has 6 heteroatoms. The lowest BCUT2D eigenvalue weighted by molar-refractivity contribution is -0.115. The molecule has 0 bridgehead atoms. The number of carbonyl (C=O) groups is 2. The zero-order valence-corrected chi connectivity index (χ0v) is 12.1. The molecule has 1 aromatic rings. The molecule has 0 aliphatic rings. The van der Waals surface area contributed by atoms with Crippen LogP contribution in [0.15, 0.2) is 24.3 Å². The molecule has 0 saturated heterocycles. The van der Waals surface area contributed by atoms with Crippen LogP contribution in [0.1, 0.15) is 24.2 Å². The van der Waals surface area contributed by atoms with Gasteiger partial charge in [0, 0.05) is 6.04 Å². The molecule has 0 atom stereocenters. The number of halogens is 1. The van der Waals surface area contributed by atoms with Gasteiger partial charge in [-0.1, -0.05) is 12.1 Å².